The fourth-order valence-corrected chi connectivity index (χ4v) is 1.48. The Hall–Kier alpha value is -0.610. The number of aromatic nitrogens is 2. The molecule has 0 atom stereocenters. The van der Waals surface area contributed by atoms with Crippen molar-refractivity contribution in [3.8, 4) is 0 Å². The van der Waals surface area contributed by atoms with Crippen molar-refractivity contribution in [3.63, 3.8) is 0 Å². The first-order valence-corrected chi connectivity index (χ1v) is 5.70. The minimum atomic E-state index is 0.743. The summed E-state index contributed by atoms with van der Waals surface area (Å²) in [5.41, 5.74) is 1.09. The first-order valence-electron chi connectivity index (χ1n) is 4.48. The van der Waals surface area contributed by atoms with E-state index in [9.17, 15) is 0 Å². The first kappa shape index (κ1) is 8.97. The zero-order valence-corrected chi connectivity index (χ0v) is 8.47. The second-order valence-corrected chi connectivity index (χ2v) is 3.96. The maximum absolute atomic E-state index is 4.38. The summed E-state index contributed by atoms with van der Waals surface area (Å²) in [6.07, 6.45) is 6.46. The van der Waals surface area contributed by atoms with E-state index >= 15 is 0 Å². The number of hydrogen-bond acceptors (Lipinski definition) is 4. The number of thioether (sulfide) groups is 1. The van der Waals surface area contributed by atoms with Crippen LogP contribution in [0.15, 0.2) is 17.4 Å². The molecule has 1 aromatic rings. The van der Waals surface area contributed by atoms with Gasteiger partial charge in [-0.15, -0.1) is 0 Å². The third-order valence-corrected chi connectivity index (χ3v) is 2.58. The van der Waals surface area contributed by atoms with Crippen LogP contribution >= 0.6 is 11.8 Å². The molecule has 0 aromatic carbocycles. The number of hydrogen-bond donors (Lipinski definition) is 1. The quantitative estimate of drug-likeness (QED) is 0.583. The lowest BCUT2D eigenvalue weighted by Gasteiger charge is -2.02. The molecule has 13 heavy (non-hydrogen) atoms. The van der Waals surface area contributed by atoms with Crippen molar-refractivity contribution in [3.05, 3.63) is 18.0 Å². The third kappa shape index (κ3) is 2.67. The first-order chi connectivity index (χ1) is 6.38. The smallest absolute Gasteiger partial charge is 0.187 e. The molecule has 1 aromatic heterocycles. The van der Waals surface area contributed by atoms with Crippen LogP contribution < -0.4 is 5.32 Å². The molecular weight excluding hydrogens is 182 g/mol. The minimum Gasteiger partial charge on any atom is -0.308 e. The highest BCUT2D eigenvalue weighted by Crippen LogP contribution is 2.19. The van der Waals surface area contributed by atoms with E-state index in [1.165, 1.54) is 12.8 Å². The van der Waals surface area contributed by atoms with Gasteiger partial charge in [-0.25, -0.2) is 9.97 Å². The molecule has 1 aliphatic carbocycles. The van der Waals surface area contributed by atoms with Gasteiger partial charge in [0.2, 0.25) is 0 Å². The van der Waals surface area contributed by atoms with Gasteiger partial charge in [-0.05, 0) is 25.2 Å². The van der Waals surface area contributed by atoms with Crippen molar-refractivity contribution in [2.75, 3.05) is 6.26 Å². The summed E-state index contributed by atoms with van der Waals surface area (Å²) >= 11 is 1.58. The number of rotatable bonds is 4. The van der Waals surface area contributed by atoms with Gasteiger partial charge in [0.15, 0.2) is 5.16 Å². The van der Waals surface area contributed by atoms with Crippen LogP contribution in [-0.2, 0) is 6.54 Å². The van der Waals surface area contributed by atoms with Gasteiger partial charge < -0.3 is 5.32 Å². The molecule has 70 valence electrons. The number of nitrogens with zero attached hydrogens (tertiary/aromatic N) is 2. The predicted octanol–water partition coefficient (Wildman–Crippen LogP) is 1.45. The van der Waals surface area contributed by atoms with Crippen molar-refractivity contribution in [2.24, 2.45) is 0 Å². The molecule has 0 radical (unpaired) electrons. The topological polar surface area (TPSA) is 37.8 Å². The van der Waals surface area contributed by atoms with Gasteiger partial charge in [0, 0.05) is 18.8 Å². The molecule has 1 heterocycles. The zero-order chi connectivity index (χ0) is 9.10. The van der Waals surface area contributed by atoms with E-state index in [-0.39, 0.29) is 0 Å². The monoisotopic (exact) mass is 195 g/mol. The van der Waals surface area contributed by atoms with Gasteiger partial charge in [-0.1, -0.05) is 11.8 Å². The van der Waals surface area contributed by atoms with Crippen molar-refractivity contribution < 1.29 is 0 Å². The van der Waals surface area contributed by atoms with Crippen LogP contribution in [0, 0.1) is 0 Å². The molecule has 0 saturated heterocycles. The molecule has 1 fully saturated rings. The number of nitrogens with one attached hydrogen (secondary N) is 1. The molecule has 3 nitrogen and oxygen atoms in total. The standard InChI is InChI=1S/C9H13N3S/c1-13-9-10-5-4-8(12-9)6-11-7-2-3-7/h4-5,7,11H,2-3,6H2,1H3. The second kappa shape index (κ2) is 4.07. The SMILES string of the molecule is CSc1nccc(CNC2CC2)n1. The normalized spacial score (nSPS) is 16.1. The summed E-state index contributed by atoms with van der Waals surface area (Å²) in [6, 6.07) is 2.71. The molecule has 1 saturated carbocycles. The lowest BCUT2D eigenvalue weighted by Crippen LogP contribution is -2.16. The average Bonchev–Trinajstić information content (AvgIpc) is 2.99. The highest BCUT2D eigenvalue weighted by atomic mass is 32.2. The Kier molecular flexibility index (Phi) is 2.80. The van der Waals surface area contributed by atoms with Crippen molar-refractivity contribution in [1.29, 1.82) is 0 Å². The molecule has 1 N–H and O–H groups in total. The van der Waals surface area contributed by atoms with Gasteiger partial charge in [-0.3, -0.25) is 0 Å². The molecule has 0 spiro atoms. The summed E-state index contributed by atoms with van der Waals surface area (Å²) in [4.78, 5) is 8.51. The van der Waals surface area contributed by atoms with Gasteiger partial charge >= 0.3 is 0 Å². The fraction of sp³-hybridized carbons (Fsp3) is 0.556. The summed E-state index contributed by atoms with van der Waals surface area (Å²) in [7, 11) is 0. The van der Waals surface area contributed by atoms with Gasteiger partial charge in [0.05, 0.1) is 5.69 Å². The Morgan fingerprint density at radius 2 is 2.46 bits per heavy atom. The molecule has 2 rings (SSSR count). The van der Waals surface area contributed by atoms with Crippen LogP contribution in [0.3, 0.4) is 0 Å². The van der Waals surface area contributed by atoms with Gasteiger partial charge in [0.1, 0.15) is 0 Å². The Morgan fingerprint density at radius 1 is 1.62 bits per heavy atom. The van der Waals surface area contributed by atoms with Crippen molar-refractivity contribution >= 4 is 11.8 Å². The summed E-state index contributed by atoms with van der Waals surface area (Å²) in [5, 5.41) is 4.28. The van der Waals surface area contributed by atoms with Crippen molar-refractivity contribution in [1.82, 2.24) is 15.3 Å². The van der Waals surface area contributed by atoms with Gasteiger partial charge in [0.25, 0.3) is 0 Å². The van der Waals surface area contributed by atoms with Crippen LogP contribution in [0.1, 0.15) is 18.5 Å². The summed E-state index contributed by atoms with van der Waals surface area (Å²) in [5.74, 6) is 0. The molecule has 4 heteroatoms. The molecule has 1 aliphatic rings. The van der Waals surface area contributed by atoms with E-state index in [1.54, 1.807) is 11.8 Å². The minimum absolute atomic E-state index is 0.743. The Morgan fingerprint density at radius 3 is 3.15 bits per heavy atom. The zero-order valence-electron chi connectivity index (χ0n) is 7.66. The van der Waals surface area contributed by atoms with E-state index in [0.717, 1.165) is 23.4 Å². The molecule has 0 unspecified atom stereocenters. The lowest BCUT2D eigenvalue weighted by molar-refractivity contribution is 0.664. The van der Waals surface area contributed by atoms with Crippen LogP contribution in [0.4, 0.5) is 0 Å². The lowest BCUT2D eigenvalue weighted by atomic mass is 10.4. The second-order valence-electron chi connectivity index (χ2n) is 3.19. The predicted molar refractivity (Wildman–Crippen MR) is 53.7 cm³/mol. The maximum atomic E-state index is 4.38. The summed E-state index contributed by atoms with van der Waals surface area (Å²) in [6.45, 7) is 0.876. The summed E-state index contributed by atoms with van der Waals surface area (Å²) < 4.78 is 0. The van der Waals surface area contributed by atoms with Crippen LogP contribution in [-0.4, -0.2) is 22.3 Å². The highest BCUT2D eigenvalue weighted by molar-refractivity contribution is 7.98. The van der Waals surface area contributed by atoms with Crippen LogP contribution in [0.5, 0.6) is 0 Å². The van der Waals surface area contributed by atoms with E-state index in [2.05, 4.69) is 15.3 Å². The fourth-order valence-electron chi connectivity index (χ4n) is 1.11. The van der Waals surface area contributed by atoms with E-state index in [1.807, 2.05) is 18.5 Å². The largest absolute Gasteiger partial charge is 0.308 e. The van der Waals surface area contributed by atoms with Crippen molar-refractivity contribution in [2.45, 2.75) is 30.6 Å². The van der Waals surface area contributed by atoms with Crippen LogP contribution in [0.25, 0.3) is 0 Å². The molecule has 0 aliphatic heterocycles. The highest BCUT2D eigenvalue weighted by Gasteiger charge is 2.20. The molecule has 0 bridgehead atoms. The molecule has 0 amide bonds. The molecular formula is C9H13N3S. The average molecular weight is 195 g/mol. The Balaban J connectivity index is 1.93. The van der Waals surface area contributed by atoms with Crippen LogP contribution in [0.2, 0.25) is 0 Å². The maximum Gasteiger partial charge on any atom is 0.187 e. The van der Waals surface area contributed by atoms with E-state index in [4.69, 9.17) is 0 Å². The van der Waals surface area contributed by atoms with E-state index in [0.29, 0.717) is 0 Å². The Labute approximate surface area is 82.4 Å². The Bertz CT molecular complexity index is 286. The van der Waals surface area contributed by atoms with Gasteiger partial charge in [-0.2, -0.15) is 0 Å². The third-order valence-electron chi connectivity index (χ3n) is 2.02. The van der Waals surface area contributed by atoms with E-state index < -0.39 is 0 Å².